The molecule has 3 aromatic rings. The molecule has 1 aliphatic heterocycles. The zero-order valence-electron chi connectivity index (χ0n) is 19.2. The molecular weight excluding hydrogens is 570 g/mol. The minimum atomic E-state index is -3.68. The number of halogens is 1. The van der Waals surface area contributed by atoms with Crippen molar-refractivity contribution in [3.05, 3.63) is 39.5 Å². The number of amides is 1. The molecule has 0 N–H and O–H groups in total. The number of carbonyl (C=O) groups excluding carboxylic acids is 2. The SMILES string of the molecule is COC(=O)Cn1c(=NC(=O)C2CCN(S(=O)(=O)c3ccc(Cl)s3)CC2)sc2cc(S(C)(=O)=O)ccc21. The molecule has 4 rings (SSSR count). The number of sulfone groups is 1. The number of hydrogen-bond donors (Lipinski definition) is 0. The molecule has 0 atom stereocenters. The van der Waals surface area contributed by atoms with Gasteiger partial charge in [0.25, 0.3) is 15.9 Å². The highest BCUT2D eigenvalue weighted by molar-refractivity contribution is 7.91. The van der Waals surface area contributed by atoms with Gasteiger partial charge in [0, 0.05) is 25.3 Å². The average molecular weight is 592 g/mol. The highest BCUT2D eigenvalue weighted by Crippen LogP contribution is 2.31. The van der Waals surface area contributed by atoms with Gasteiger partial charge in [-0.1, -0.05) is 22.9 Å². The Morgan fingerprint density at radius 3 is 2.39 bits per heavy atom. The first-order chi connectivity index (χ1) is 16.9. The first kappa shape index (κ1) is 26.9. The largest absolute Gasteiger partial charge is 0.468 e. The number of fused-ring (bicyclic) bond motifs is 1. The molecule has 36 heavy (non-hydrogen) atoms. The standard InChI is InChI=1S/C21H22ClN3O7S4/c1-32-18(26)12-25-15-4-3-14(35(2,28)29)11-16(15)33-21(25)23-20(27)13-7-9-24(10-8-13)36(30,31)19-6-5-17(22)34-19/h3-6,11,13H,7-10,12H2,1-2H3. The van der Waals surface area contributed by atoms with Crippen molar-refractivity contribution in [2.24, 2.45) is 10.9 Å². The summed E-state index contributed by atoms with van der Waals surface area (Å²) in [6.07, 6.45) is 1.68. The fourth-order valence-electron chi connectivity index (χ4n) is 3.81. The van der Waals surface area contributed by atoms with Crippen molar-refractivity contribution in [3.63, 3.8) is 0 Å². The van der Waals surface area contributed by atoms with Crippen LogP contribution in [0.25, 0.3) is 10.2 Å². The molecular formula is C21H22ClN3O7S4. The lowest BCUT2D eigenvalue weighted by molar-refractivity contribution is -0.141. The van der Waals surface area contributed by atoms with E-state index in [2.05, 4.69) is 4.99 Å². The Hall–Kier alpha value is -2.10. The fraction of sp³-hybridized carbons (Fsp3) is 0.381. The third-order valence-electron chi connectivity index (χ3n) is 5.75. The van der Waals surface area contributed by atoms with E-state index in [1.807, 2.05) is 0 Å². The van der Waals surface area contributed by atoms with Crippen LogP contribution in [-0.2, 0) is 40.7 Å². The van der Waals surface area contributed by atoms with E-state index in [1.54, 1.807) is 6.07 Å². The summed E-state index contributed by atoms with van der Waals surface area (Å²) < 4.78 is 58.3. The van der Waals surface area contributed by atoms with Crippen molar-refractivity contribution in [1.29, 1.82) is 0 Å². The second kappa shape index (κ2) is 10.3. The van der Waals surface area contributed by atoms with Crippen LogP contribution >= 0.6 is 34.3 Å². The molecule has 15 heteroatoms. The average Bonchev–Trinajstić information content (AvgIpc) is 3.42. The summed E-state index contributed by atoms with van der Waals surface area (Å²) in [6.45, 7) is 0.118. The number of sulfonamides is 1. The molecule has 0 saturated carbocycles. The lowest BCUT2D eigenvalue weighted by atomic mass is 9.98. The molecule has 1 fully saturated rings. The summed E-state index contributed by atoms with van der Waals surface area (Å²) in [6, 6.07) is 7.47. The second-order valence-electron chi connectivity index (χ2n) is 8.14. The number of thiazole rings is 1. The van der Waals surface area contributed by atoms with E-state index in [4.69, 9.17) is 16.3 Å². The maximum atomic E-state index is 13.0. The summed E-state index contributed by atoms with van der Waals surface area (Å²) >= 11 is 7.95. The summed E-state index contributed by atoms with van der Waals surface area (Å²) in [5.41, 5.74) is 0.542. The van der Waals surface area contributed by atoms with Crippen molar-refractivity contribution in [2.75, 3.05) is 26.5 Å². The van der Waals surface area contributed by atoms with Gasteiger partial charge in [0.2, 0.25) is 0 Å². The number of piperidine rings is 1. The predicted molar refractivity (Wildman–Crippen MR) is 136 cm³/mol. The molecule has 0 radical (unpaired) electrons. The van der Waals surface area contributed by atoms with Crippen LogP contribution in [-0.4, -0.2) is 64.0 Å². The minimum absolute atomic E-state index is 0.111. The Morgan fingerprint density at radius 2 is 1.81 bits per heavy atom. The van der Waals surface area contributed by atoms with E-state index in [9.17, 15) is 26.4 Å². The Bertz CT molecular complexity index is 1610. The van der Waals surface area contributed by atoms with Crippen LogP contribution in [0.4, 0.5) is 0 Å². The number of hydrogen-bond acceptors (Lipinski definition) is 9. The molecule has 3 heterocycles. The van der Waals surface area contributed by atoms with Gasteiger partial charge >= 0.3 is 5.97 Å². The zero-order valence-corrected chi connectivity index (χ0v) is 23.2. The summed E-state index contributed by atoms with van der Waals surface area (Å²) in [4.78, 5) is 29.6. The van der Waals surface area contributed by atoms with Gasteiger partial charge in [-0.2, -0.15) is 9.30 Å². The zero-order chi connectivity index (χ0) is 26.3. The first-order valence-electron chi connectivity index (χ1n) is 10.6. The van der Waals surface area contributed by atoms with Gasteiger partial charge in [-0.05, 0) is 43.2 Å². The molecule has 1 saturated heterocycles. The Balaban J connectivity index is 1.60. The highest BCUT2D eigenvalue weighted by Gasteiger charge is 2.33. The number of benzene rings is 1. The highest BCUT2D eigenvalue weighted by atomic mass is 35.5. The number of ether oxygens (including phenoxy) is 1. The van der Waals surface area contributed by atoms with Gasteiger partial charge in [-0.3, -0.25) is 9.59 Å². The fourth-order valence-corrected chi connectivity index (χ4v) is 8.71. The van der Waals surface area contributed by atoms with Crippen molar-refractivity contribution in [3.8, 4) is 0 Å². The van der Waals surface area contributed by atoms with E-state index in [1.165, 1.54) is 40.2 Å². The maximum Gasteiger partial charge on any atom is 0.325 e. The smallest absolute Gasteiger partial charge is 0.325 e. The number of aromatic nitrogens is 1. The van der Waals surface area contributed by atoms with Gasteiger partial charge in [-0.15, -0.1) is 11.3 Å². The first-order valence-corrected chi connectivity index (χ1v) is 16.0. The van der Waals surface area contributed by atoms with Crippen LogP contribution in [0.15, 0.2) is 44.4 Å². The number of thiophene rings is 1. The monoisotopic (exact) mass is 591 g/mol. The lowest BCUT2D eigenvalue weighted by Gasteiger charge is -2.29. The lowest BCUT2D eigenvalue weighted by Crippen LogP contribution is -2.40. The predicted octanol–water partition coefficient (Wildman–Crippen LogP) is 2.52. The number of methoxy groups -OCH3 is 1. The molecule has 2 aromatic heterocycles. The molecule has 0 spiro atoms. The number of nitrogens with zero attached hydrogens (tertiary/aromatic N) is 3. The van der Waals surface area contributed by atoms with Crippen LogP contribution in [0.2, 0.25) is 4.34 Å². The third-order valence-corrected chi connectivity index (χ3v) is 11.5. The van der Waals surface area contributed by atoms with Crippen molar-refractivity contribution in [2.45, 2.75) is 28.5 Å². The Kier molecular flexibility index (Phi) is 7.74. The molecule has 0 unspecified atom stereocenters. The molecule has 194 valence electrons. The van der Waals surface area contributed by atoms with Gasteiger partial charge in [0.1, 0.15) is 10.8 Å². The van der Waals surface area contributed by atoms with E-state index in [0.717, 1.165) is 28.9 Å². The summed E-state index contributed by atoms with van der Waals surface area (Å²) in [7, 11) is -5.89. The van der Waals surface area contributed by atoms with Crippen LogP contribution in [0.5, 0.6) is 0 Å². The van der Waals surface area contributed by atoms with E-state index in [0.29, 0.717) is 27.4 Å². The molecule has 0 aliphatic carbocycles. The Labute approximate surface area is 220 Å². The molecule has 0 bridgehead atoms. The third kappa shape index (κ3) is 5.58. The normalized spacial score (nSPS) is 16.5. The maximum absolute atomic E-state index is 13.0. The van der Waals surface area contributed by atoms with Crippen LogP contribution in [0, 0.1) is 5.92 Å². The number of rotatable bonds is 6. The molecule has 1 aliphatic rings. The Morgan fingerprint density at radius 1 is 1.11 bits per heavy atom. The van der Waals surface area contributed by atoms with Gasteiger partial charge in [-0.25, -0.2) is 16.8 Å². The summed E-state index contributed by atoms with van der Waals surface area (Å²) in [5, 5.41) is 0. The second-order valence-corrected chi connectivity index (χ2v) is 15.0. The minimum Gasteiger partial charge on any atom is -0.468 e. The van der Waals surface area contributed by atoms with Crippen LogP contribution in [0.1, 0.15) is 12.8 Å². The van der Waals surface area contributed by atoms with E-state index >= 15 is 0 Å². The van der Waals surface area contributed by atoms with Gasteiger partial charge in [0.15, 0.2) is 14.6 Å². The van der Waals surface area contributed by atoms with Gasteiger partial charge < -0.3 is 9.30 Å². The molecule has 1 amide bonds. The van der Waals surface area contributed by atoms with Crippen LogP contribution in [0.3, 0.4) is 0 Å². The van der Waals surface area contributed by atoms with Crippen LogP contribution < -0.4 is 4.80 Å². The number of carbonyl (C=O) groups is 2. The summed E-state index contributed by atoms with van der Waals surface area (Å²) in [5.74, 6) is -1.48. The molecule has 10 nitrogen and oxygen atoms in total. The van der Waals surface area contributed by atoms with Gasteiger partial charge in [0.05, 0.1) is 26.6 Å². The van der Waals surface area contributed by atoms with E-state index in [-0.39, 0.29) is 33.5 Å². The molecule has 1 aromatic carbocycles. The van der Waals surface area contributed by atoms with Crippen molar-refractivity contribution >= 4 is 76.2 Å². The van der Waals surface area contributed by atoms with Crippen molar-refractivity contribution < 1.29 is 31.2 Å². The number of esters is 1. The van der Waals surface area contributed by atoms with Crippen molar-refractivity contribution in [1.82, 2.24) is 8.87 Å². The quantitative estimate of drug-likeness (QED) is 0.402. The van der Waals surface area contributed by atoms with E-state index < -0.39 is 37.7 Å². The topological polar surface area (TPSA) is 132 Å².